The maximum Gasteiger partial charge on any atom is 0.417 e. The van der Waals surface area contributed by atoms with Gasteiger partial charge in [0.2, 0.25) is 10.0 Å². The Morgan fingerprint density at radius 1 is 1.32 bits per heavy atom. The molecule has 1 heterocycles. The zero-order valence-corrected chi connectivity index (χ0v) is 13.3. The van der Waals surface area contributed by atoms with Crippen molar-refractivity contribution < 1.29 is 21.6 Å². The lowest BCUT2D eigenvalue weighted by atomic mass is 9.90. The molecule has 0 unspecified atom stereocenters. The van der Waals surface area contributed by atoms with E-state index in [1.54, 1.807) is 0 Å². The van der Waals surface area contributed by atoms with Crippen LogP contribution < -0.4 is 4.72 Å². The van der Waals surface area contributed by atoms with E-state index in [4.69, 9.17) is 0 Å². The van der Waals surface area contributed by atoms with E-state index >= 15 is 0 Å². The SMILES string of the molecule is CN1CC[C@](C)(CNS(=O)(=O)c2ccccc2C(F)(F)F)C1. The van der Waals surface area contributed by atoms with Gasteiger partial charge >= 0.3 is 6.18 Å². The Morgan fingerprint density at radius 3 is 2.50 bits per heavy atom. The molecule has 22 heavy (non-hydrogen) atoms. The van der Waals surface area contributed by atoms with E-state index < -0.39 is 26.7 Å². The van der Waals surface area contributed by atoms with Crippen LogP contribution in [0.25, 0.3) is 0 Å². The van der Waals surface area contributed by atoms with Gasteiger partial charge in [-0.05, 0) is 37.6 Å². The van der Waals surface area contributed by atoms with Crippen molar-refractivity contribution in [2.75, 3.05) is 26.7 Å². The first kappa shape index (κ1) is 17.2. The molecule has 0 aliphatic carbocycles. The first-order valence-electron chi connectivity index (χ1n) is 6.88. The fourth-order valence-corrected chi connectivity index (χ4v) is 4.12. The van der Waals surface area contributed by atoms with Crippen LogP contribution in [0.15, 0.2) is 29.2 Å². The number of nitrogens with zero attached hydrogens (tertiary/aromatic N) is 1. The number of hydrogen-bond acceptors (Lipinski definition) is 3. The lowest BCUT2D eigenvalue weighted by Gasteiger charge is -2.24. The van der Waals surface area contributed by atoms with Crippen molar-refractivity contribution in [3.63, 3.8) is 0 Å². The second-order valence-electron chi connectivity index (χ2n) is 6.12. The standard InChI is InChI=1S/C14H19F3N2O2S/c1-13(7-8-19(2)10-13)9-18-22(20,21)12-6-4-3-5-11(12)14(15,16)17/h3-6,18H,7-10H2,1-2H3/t13-/m1/s1. The van der Waals surface area contributed by atoms with Gasteiger partial charge in [0.25, 0.3) is 0 Å². The number of halogens is 3. The van der Waals surface area contributed by atoms with Crippen LogP contribution in [-0.2, 0) is 16.2 Å². The Morgan fingerprint density at radius 2 is 1.95 bits per heavy atom. The number of likely N-dealkylation sites (tertiary alicyclic amines) is 1. The van der Waals surface area contributed by atoms with E-state index in [0.29, 0.717) is 6.54 Å². The van der Waals surface area contributed by atoms with Crippen LogP contribution in [0.5, 0.6) is 0 Å². The fourth-order valence-electron chi connectivity index (χ4n) is 2.70. The maximum atomic E-state index is 12.9. The number of alkyl halides is 3. The molecule has 1 atom stereocenters. The summed E-state index contributed by atoms with van der Waals surface area (Å²) in [5, 5.41) is 0. The first-order valence-corrected chi connectivity index (χ1v) is 8.36. The van der Waals surface area contributed by atoms with Crippen molar-refractivity contribution in [2.24, 2.45) is 5.41 Å². The molecule has 4 nitrogen and oxygen atoms in total. The van der Waals surface area contributed by atoms with Gasteiger partial charge in [0.1, 0.15) is 0 Å². The third-order valence-corrected chi connectivity index (χ3v) is 5.38. The van der Waals surface area contributed by atoms with Crippen LogP contribution in [0.2, 0.25) is 0 Å². The molecule has 1 fully saturated rings. The number of rotatable bonds is 4. The zero-order valence-electron chi connectivity index (χ0n) is 12.4. The van der Waals surface area contributed by atoms with E-state index in [9.17, 15) is 21.6 Å². The van der Waals surface area contributed by atoms with Crippen molar-refractivity contribution >= 4 is 10.0 Å². The predicted octanol–water partition coefficient (Wildman–Crippen LogP) is 2.33. The molecule has 0 aromatic heterocycles. The third-order valence-electron chi connectivity index (χ3n) is 3.92. The van der Waals surface area contributed by atoms with Gasteiger partial charge in [-0.25, -0.2) is 13.1 Å². The van der Waals surface area contributed by atoms with Crippen molar-refractivity contribution in [1.82, 2.24) is 9.62 Å². The molecule has 1 aromatic rings. The molecule has 0 bridgehead atoms. The number of benzene rings is 1. The van der Waals surface area contributed by atoms with Gasteiger partial charge in [-0.3, -0.25) is 0 Å². The molecule has 0 saturated carbocycles. The van der Waals surface area contributed by atoms with Crippen molar-refractivity contribution in [1.29, 1.82) is 0 Å². The normalized spacial score (nSPS) is 23.9. The smallest absolute Gasteiger partial charge is 0.306 e. The van der Waals surface area contributed by atoms with Crippen LogP contribution >= 0.6 is 0 Å². The Bertz CT molecular complexity index is 646. The van der Waals surface area contributed by atoms with Crippen LogP contribution in [0.4, 0.5) is 13.2 Å². The molecule has 1 aliphatic rings. The number of nitrogens with one attached hydrogen (secondary N) is 1. The highest BCUT2D eigenvalue weighted by Crippen LogP contribution is 2.34. The van der Waals surface area contributed by atoms with Gasteiger partial charge in [0, 0.05) is 13.1 Å². The van der Waals surface area contributed by atoms with E-state index in [0.717, 1.165) is 25.1 Å². The maximum absolute atomic E-state index is 12.9. The van der Waals surface area contributed by atoms with Gasteiger partial charge < -0.3 is 4.90 Å². The zero-order chi connectivity index (χ0) is 16.6. The largest absolute Gasteiger partial charge is 0.417 e. The monoisotopic (exact) mass is 336 g/mol. The molecule has 0 radical (unpaired) electrons. The quantitative estimate of drug-likeness (QED) is 0.918. The molecule has 1 saturated heterocycles. The fraction of sp³-hybridized carbons (Fsp3) is 0.571. The van der Waals surface area contributed by atoms with Crippen molar-refractivity contribution in [2.45, 2.75) is 24.4 Å². The summed E-state index contributed by atoms with van der Waals surface area (Å²) in [7, 11) is -2.28. The van der Waals surface area contributed by atoms with E-state index in [1.807, 2.05) is 14.0 Å². The second-order valence-corrected chi connectivity index (χ2v) is 7.85. The molecular formula is C14H19F3N2O2S. The molecular weight excluding hydrogens is 317 g/mol. The van der Waals surface area contributed by atoms with Crippen molar-refractivity contribution in [3.05, 3.63) is 29.8 Å². The van der Waals surface area contributed by atoms with E-state index in [-0.39, 0.29) is 12.0 Å². The molecule has 1 aromatic carbocycles. The first-order chi connectivity index (χ1) is 10.0. The average Bonchev–Trinajstić information content (AvgIpc) is 2.76. The summed E-state index contributed by atoms with van der Waals surface area (Å²) in [6.45, 7) is 3.59. The van der Waals surface area contributed by atoms with Gasteiger partial charge in [0.15, 0.2) is 0 Å². The van der Waals surface area contributed by atoms with Gasteiger partial charge in [-0.1, -0.05) is 19.1 Å². The molecule has 8 heteroatoms. The second kappa shape index (κ2) is 5.82. The highest BCUT2D eigenvalue weighted by molar-refractivity contribution is 7.89. The lowest BCUT2D eigenvalue weighted by Crippen LogP contribution is -2.37. The van der Waals surface area contributed by atoms with Crippen LogP contribution in [-0.4, -0.2) is 40.0 Å². The Hall–Kier alpha value is -1.12. The predicted molar refractivity (Wildman–Crippen MR) is 76.9 cm³/mol. The van der Waals surface area contributed by atoms with Crippen LogP contribution in [0, 0.1) is 5.41 Å². The van der Waals surface area contributed by atoms with Gasteiger partial charge in [-0.2, -0.15) is 13.2 Å². The minimum atomic E-state index is -4.71. The topological polar surface area (TPSA) is 49.4 Å². The molecule has 124 valence electrons. The summed E-state index contributed by atoms with van der Waals surface area (Å²) in [5.41, 5.74) is -1.41. The van der Waals surface area contributed by atoms with Crippen LogP contribution in [0.1, 0.15) is 18.9 Å². The average molecular weight is 336 g/mol. The molecule has 1 aliphatic heterocycles. The molecule has 0 amide bonds. The molecule has 2 rings (SSSR count). The molecule has 0 spiro atoms. The Kier molecular flexibility index (Phi) is 4.56. The van der Waals surface area contributed by atoms with Gasteiger partial charge in [-0.15, -0.1) is 0 Å². The Labute approximate surface area is 128 Å². The minimum absolute atomic E-state index is 0.117. The highest BCUT2D eigenvalue weighted by Gasteiger charge is 2.38. The lowest BCUT2D eigenvalue weighted by molar-refractivity contribution is -0.139. The van der Waals surface area contributed by atoms with Crippen LogP contribution in [0.3, 0.4) is 0 Å². The summed E-state index contributed by atoms with van der Waals surface area (Å²) in [6.07, 6.45) is -3.91. The minimum Gasteiger partial charge on any atom is -0.306 e. The highest BCUT2D eigenvalue weighted by atomic mass is 32.2. The number of sulfonamides is 1. The summed E-state index contributed by atoms with van der Waals surface area (Å²) >= 11 is 0. The van der Waals surface area contributed by atoms with Crippen molar-refractivity contribution in [3.8, 4) is 0 Å². The van der Waals surface area contributed by atoms with Gasteiger partial charge in [0.05, 0.1) is 10.5 Å². The third kappa shape index (κ3) is 3.80. The summed E-state index contributed by atoms with van der Waals surface area (Å²) in [6, 6.07) is 4.22. The summed E-state index contributed by atoms with van der Waals surface area (Å²) in [5.74, 6) is 0. The molecule has 1 N–H and O–H groups in total. The summed E-state index contributed by atoms with van der Waals surface area (Å²) < 4.78 is 65.7. The number of hydrogen-bond donors (Lipinski definition) is 1. The summed E-state index contributed by atoms with van der Waals surface area (Å²) in [4.78, 5) is 1.34. The van der Waals surface area contributed by atoms with E-state index in [2.05, 4.69) is 9.62 Å². The Balaban J connectivity index is 2.22. The van der Waals surface area contributed by atoms with E-state index in [1.165, 1.54) is 12.1 Å².